The van der Waals surface area contributed by atoms with Crippen molar-refractivity contribution in [2.24, 2.45) is 0 Å². The second-order valence-corrected chi connectivity index (χ2v) is 8.91. The first kappa shape index (κ1) is 16.5. The first-order valence-electron chi connectivity index (χ1n) is 7.73. The fraction of sp³-hybridized carbons (Fsp3) is 0.412. The van der Waals surface area contributed by atoms with Crippen LogP contribution in [0.5, 0.6) is 5.75 Å². The maximum absolute atomic E-state index is 12.4. The second kappa shape index (κ2) is 6.63. The lowest BCUT2D eigenvalue weighted by Gasteiger charge is -2.30. The lowest BCUT2D eigenvalue weighted by atomic mass is 9.79. The predicted octanol–water partition coefficient (Wildman–Crippen LogP) is 3.55. The van der Waals surface area contributed by atoms with Crippen molar-refractivity contribution in [3.8, 4) is 5.75 Å². The van der Waals surface area contributed by atoms with Crippen LogP contribution in [0, 0.1) is 0 Å². The van der Waals surface area contributed by atoms with E-state index in [4.69, 9.17) is 4.74 Å². The van der Waals surface area contributed by atoms with Crippen LogP contribution >= 0.6 is 11.3 Å². The number of thiophene rings is 1. The van der Waals surface area contributed by atoms with Gasteiger partial charge >= 0.3 is 0 Å². The van der Waals surface area contributed by atoms with Crippen molar-refractivity contribution in [2.75, 3.05) is 13.7 Å². The van der Waals surface area contributed by atoms with E-state index in [0.29, 0.717) is 10.8 Å². The molecule has 23 heavy (non-hydrogen) atoms. The van der Waals surface area contributed by atoms with E-state index in [1.54, 1.807) is 24.6 Å². The Labute approximate surface area is 141 Å². The van der Waals surface area contributed by atoms with Crippen molar-refractivity contribution in [1.82, 2.24) is 4.72 Å². The van der Waals surface area contributed by atoms with E-state index < -0.39 is 10.0 Å². The fourth-order valence-electron chi connectivity index (χ4n) is 3.28. The van der Waals surface area contributed by atoms with Gasteiger partial charge in [0.1, 0.15) is 9.96 Å². The summed E-state index contributed by atoms with van der Waals surface area (Å²) in [6, 6.07) is 11.4. The lowest BCUT2D eigenvalue weighted by molar-refractivity contribution is 0.410. The molecule has 0 atom stereocenters. The first-order valence-corrected chi connectivity index (χ1v) is 10.1. The van der Waals surface area contributed by atoms with Crippen molar-refractivity contribution in [1.29, 1.82) is 0 Å². The molecule has 6 heteroatoms. The van der Waals surface area contributed by atoms with Crippen LogP contribution in [-0.2, 0) is 15.4 Å². The van der Waals surface area contributed by atoms with Crippen LogP contribution in [0.3, 0.4) is 0 Å². The molecule has 0 bridgehead atoms. The Kier molecular flexibility index (Phi) is 4.75. The van der Waals surface area contributed by atoms with Crippen molar-refractivity contribution in [3.63, 3.8) is 0 Å². The summed E-state index contributed by atoms with van der Waals surface area (Å²) in [5.41, 5.74) is 1.07. The molecule has 1 heterocycles. The summed E-state index contributed by atoms with van der Waals surface area (Å²) in [5, 5.41) is 1.78. The average molecular weight is 351 g/mol. The normalized spacial score (nSPS) is 17.3. The van der Waals surface area contributed by atoms with Crippen LogP contribution in [0.25, 0.3) is 0 Å². The first-order chi connectivity index (χ1) is 11.1. The van der Waals surface area contributed by atoms with Gasteiger partial charge in [0.2, 0.25) is 10.0 Å². The fourth-order valence-corrected chi connectivity index (χ4v) is 5.45. The number of nitrogens with one attached hydrogen (secondary N) is 1. The summed E-state index contributed by atoms with van der Waals surface area (Å²) in [6.45, 7) is 0.444. The quantitative estimate of drug-likeness (QED) is 0.866. The van der Waals surface area contributed by atoms with E-state index in [0.717, 1.165) is 31.4 Å². The van der Waals surface area contributed by atoms with Gasteiger partial charge in [-0.1, -0.05) is 31.0 Å². The van der Waals surface area contributed by atoms with Crippen LogP contribution < -0.4 is 9.46 Å². The van der Waals surface area contributed by atoms with E-state index in [1.165, 1.54) is 16.9 Å². The number of rotatable bonds is 6. The molecule has 124 valence electrons. The number of benzene rings is 1. The van der Waals surface area contributed by atoms with Gasteiger partial charge in [-0.15, -0.1) is 11.3 Å². The summed E-state index contributed by atoms with van der Waals surface area (Å²) in [7, 11) is -1.77. The number of sulfonamides is 1. The van der Waals surface area contributed by atoms with Gasteiger partial charge in [-0.2, -0.15) is 0 Å². The third-order valence-corrected chi connectivity index (χ3v) is 7.42. The van der Waals surface area contributed by atoms with Gasteiger partial charge in [0.15, 0.2) is 0 Å². The van der Waals surface area contributed by atoms with Crippen molar-refractivity contribution < 1.29 is 13.2 Å². The molecular formula is C17H21NO3S2. The Balaban J connectivity index is 1.81. The minimum absolute atomic E-state index is 0.114. The predicted molar refractivity (Wildman–Crippen MR) is 92.6 cm³/mol. The van der Waals surface area contributed by atoms with E-state index in [9.17, 15) is 8.42 Å². The van der Waals surface area contributed by atoms with Crippen LogP contribution in [0.4, 0.5) is 0 Å². The Morgan fingerprint density at radius 1 is 1.17 bits per heavy atom. The third-order valence-electron chi connectivity index (χ3n) is 4.62. The number of hydrogen-bond acceptors (Lipinski definition) is 4. The topological polar surface area (TPSA) is 55.4 Å². The Hall–Kier alpha value is -1.37. The summed E-state index contributed by atoms with van der Waals surface area (Å²) in [4.78, 5) is 0. The zero-order chi connectivity index (χ0) is 16.3. The summed E-state index contributed by atoms with van der Waals surface area (Å²) < 4.78 is 33.2. The maximum Gasteiger partial charge on any atom is 0.250 e. The molecule has 1 aliphatic carbocycles. The zero-order valence-corrected chi connectivity index (χ0v) is 14.8. The van der Waals surface area contributed by atoms with Crippen LogP contribution in [0.1, 0.15) is 31.2 Å². The summed E-state index contributed by atoms with van der Waals surface area (Å²) in [6.07, 6.45) is 4.28. The third kappa shape index (κ3) is 3.44. The molecule has 1 fully saturated rings. The zero-order valence-electron chi connectivity index (χ0n) is 13.1. The van der Waals surface area contributed by atoms with E-state index in [1.807, 2.05) is 12.1 Å². The SMILES string of the molecule is COc1ccc(C2(CNS(=O)(=O)c3cccs3)CCCC2)cc1. The minimum Gasteiger partial charge on any atom is -0.497 e. The van der Waals surface area contributed by atoms with Gasteiger partial charge in [-0.05, 0) is 42.0 Å². The average Bonchev–Trinajstić information content (AvgIpc) is 3.26. The number of ether oxygens (including phenoxy) is 1. The summed E-state index contributed by atoms with van der Waals surface area (Å²) in [5.74, 6) is 0.820. The molecule has 0 aliphatic heterocycles. The highest BCUT2D eigenvalue weighted by Crippen LogP contribution is 2.41. The van der Waals surface area contributed by atoms with Crippen LogP contribution in [0.15, 0.2) is 46.0 Å². The molecule has 0 saturated heterocycles. The van der Waals surface area contributed by atoms with E-state index in [-0.39, 0.29) is 5.41 Å². The molecule has 4 nitrogen and oxygen atoms in total. The highest BCUT2D eigenvalue weighted by molar-refractivity contribution is 7.91. The lowest BCUT2D eigenvalue weighted by Crippen LogP contribution is -2.38. The van der Waals surface area contributed by atoms with E-state index >= 15 is 0 Å². The van der Waals surface area contributed by atoms with Crippen LogP contribution in [-0.4, -0.2) is 22.1 Å². The minimum atomic E-state index is -3.42. The maximum atomic E-state index is 12.4. The molecule has 0 spiro atoms. The van der Waals surface area contributed by atoms with Gasteiger partial charge in [-0.3, -0.25) is 0 Å². The van der Waals surface area contributed by atoms with Crippen molar-refractivity contribution >= 4 is 21.4 Å². The highest BCUT2D eigenvalue weighted by atomic mass is 32.2. The van der Waals surface area contributed by atoms with Crippen LogP contribution in [0.2, 0.25) is 0 Å². The van der Waals surface area contributed by atoms with E-state index in [2.05, 4.69) is 16.9 Å². The number of hydrogen-bond donors (Lipinski definition) is 1. The number of methoxy groups -OCH3 is 1. The molecular weight excluding hydrogens is 330 g/mol. The summed E-state index contributed by atoms with van der Waals surface area (Å²) >= 11 is 1.25. The molecule has 0 amide bonds. The van der Waals surface area contributed by atoms with Gasteiger partial charge < -0.3 is 4.74 Å². The Morgan fingerprint density at radius 3 is 2.43 bits per heavy atom. The van der Waals surface area contributed by atoms with Gasteiger partial charge in [-0.25, -0.2) is 13.1 Å². The second-order valence-electron chi connectivity index (χ2n) is 5.97. The van der Waals surface area contributed by atoms with Gasteiger partial charge in [0.05, 0.1) is 7.11 Å². The van der Waals surface area contributed by atoms with Crippen molar-refractivity contribution in [3.05, 3.63) is 47.3 Å². The molecule has 2 aromatic rings. The molecule has 1 N–H and O–H groups in total. The Morgan fingerprint density at radius 2 is 1.87 bits per heavy atom. The van der Waals surface area contributed by atoms with Crippen molar-refractivity contribution in [2.45, 2.75) is 35.3 Å². The molecule has 0 radical (unpaired) electrons. The van der Waals surface area contributed by atoms with Gasteiger partial charge in [0.25, 0.3) is 0 Å². The molecule has 0 unspecified atom stereocenters. The molecule has 1 aliphatic rings. The van der Waals surface area contributed by atoms with Gasteiger partial charge in [0, 0.05) is 12.0 Å². The monoisotopic (exact) mass is 351 g/mol. The Bertz CT molecular complexity index is 731. The molecule has 1 saturated carbocycles. The standard InChI is InChI=1S/C17H21NO3S2/c1-21-15-8-6-14(7-9-15)17(10-2-3-11-17)13-18-23(19,20)16-5-4-12-22-16/h4-9,12,18H,2-3,10-11,13H2,1H3. The smallest absolute Gasteiger partial charge is 0.250 e. The highest BCUT2D eigenvalue weighted by Gasteiger charge is 2.36. The largest absolute Gasteiger partial charge is 0.497 e. The molecule has 1 aromatic heterocycles. The molecule has 3 rings (SSSR count). The molecule has 1 aromatic carbocycles.